The van der Waals surface area contributed by atoms with Gasteiger partial charge in [-0.25, -0.2) is 17.9 Å². The predicted molar refractivity (Wildman–Crippen MR) is 128 cm³/mol. The number of thiophene rings is 1. The SMILES string of the molecule is Cc1sc(C(=O)Nc2ccc(Br)cc2C(=O)O)cc1S(=O)(=O)NCCc1ccc(N)cc1. The van der Waals surface area contributed by atoms with Crippen LogP contribution in [0.3, 0.4) is 0 Å². The third kappa shape index (κ3) is 5.74. The van der Waals surface area contributed by atoms with Crippen molar-refractivity contribution in [2.24, 2.45) is 0 Å². The smallest absolute Gasteiger partial charge is 0.337 e. The fraction of sp³-hybridized carbons (Fsp3) is 0.143. The second-order valence-electron chi connectivity index (χ2n) is 6.87. The molecule has 0 saturated carbocycles. The first-order chi connectivity index (χ1) is 15.1. The molecule has 0 saturated heterocycles. The van der Waals surface area contributed by atoms with Crippen LogP contribution in [0.2, 0.25) is 0 Å². The summed E-state index contributed by atoms with van der Waals surface area (Å²) in [5.74, 6) is -1.79. The lowest BCUT2D eigenvalue weighted by Gasteiger charge is -2.08. The molecule has 0 fully saturated rings. The van der Waals surface area contributed by atoms with Gasteiger partial charge in [0.2, 0.25) is 10.0 Å². The standard InChI is InChI=1S/C21H20BrN3O5S2/c1-12-19(32(29,30)24-9-8-13-2-5-15(23)6-3-13)11-18(31-12)20(26)25-17-7-4-14(22)10-16(17)21(27)28/h2-7,10-11,24H,8-9,23H2,1H3,(H,25,26)(H,27,28). The Kier molecular flexibility index (Phi) is 7.34. The van der Waals surface area contributed by atoms with E-state index in [0.717, 1.165) is 16.9 Å². The van der Waals surface area contributed by atoms with E-state index >= 15 is 0 Å². The van der Waals surface area contributed by atoms with E-state index in [-0.39, 0.29) is 27.6 Å². The van der Waals surface area contributed by atoms with Gasteiger partial charge in [0.15, 0.2) is 0 Å². The molecule has 2 aromatic carbocycles. The summed E-state index contributed by atoms with van der Waals surface area (Å²) in [4.78, 5) is 24.7. The van der Waals surface area contributed by atoms with Gasteiger partial charge in [-0.3, -0.25) is 4.79 Å². The van der Waals surface area contributed by atoms with Gasteiger partial charge in [-0.05, 0) is 55.3 Å². The number of aryl methyl sites for hydroxylation is 1. The van der Waals surface area contributed by atoms with E-state index in [1.807, 2.05) is 12.1 Å². The number of amides is 1. The number of hydrogen-bond donors (Lipinski definition) is 4. The molecule has 0 bridgehead atoms. The van der Waals surface area contributed by atoms with Gasteiger partial charge in [0.25, 0.3) is 5.91 Å². The topological polar surface area (TPSA) is 139 Å². The lowest BCUT2D eigenvalue weighted by atomic mass is 10.1. The number of carbonyl (C=O) groups excluding carboxylic acids is 1. The summed E-state index contributed by atoms with van der Waals surface area (Å²) in [6.45, 7) is 1.79. The van der Waals surface area contributed by atoms with Gasteiger partial charge < -0.3 is 16.2 Å². The molecule has 8 nitrogen and oxygen atoms in total. The van der Waals surface area contributed by atoms with Crippen molar-refractivity contribution in [3.05, 3.63) is 73.9 Å². The van der Waals surface area contributed by atoms with Crippen LogP contribution in [0.15, 0.2) is 57.9 Å². The van der Waals surface area contributed by atoms with Crippen molar-refractivity contribution in [1.82, 2.24) is 4.72 Å². The molecule has 0 unspecified atom stereocenters. The summed E-state index contributed by atoms with van der Waals surface area (Å²) < 4.78 is 28.6. The van der Waals surface area contributed by atoms with Crippen molar-refractivity contribution >= 4 is 60.5 Å². The van der Waals surface area contributed by atoms with E-state index in [2.05, 4.69) is 26.0 Å². The number of nitrogens with one attached hydrogen (secondary N) is 2. The number of carbonyl (C=O) groups is 2. The first kappa shape index (κ1) is 23.9. The summed E-state index contributed by atoms with van der Waals surface area (Å²) in [5, 5.41) is 11.9. The molecule has 3 rings (SSSR count). The molecule has 1 aromatic heterocycles. The first-order valence-electron chi connectivity index (χ1n) is 9.35. The third-order valence-electron chi connectivity index (χ3n) is 4.53. The minimum absolute atomic E-state index is 0.0132. The monoisotopic (exact) mass is 537 g/mol. The highest BCUT2D eigenvalue weighted by atomic mass is 79.9. The van der Waals surface area contributed by atoms with Gasteiger partial charge in [-0.15, -0.1) is 11.3 Å². The van der Waals surface area contributed by atoms with E-state index in [1.165, 1.54) is 18.2 Å². The molecule has 11 heteroatoms. The number of sulfonamides is 1. The van der Waals surface area contributed by atoms with Crippen molar-refractivity contribution in [3.63, 3.8) is 0 Å². The third-order valence-corrected chi connectivity index (χ3v) is 7.79. The second kappa shape index (κ2) is 9.82. The molecule has 3 aromatic rings. The molecule has 0 aliphatic carbocycles. The van der Waals surface area contributed by atoms with Crippen LogP contribution in [-0.2, 0) is 16.4 Å². The molecule has 168 valence electrons. The maximum Gasteiger partial charge on any atom is 0.337 e. The van der Waals surface area contributed by atoms with E-state index < -0.39 is 21.9 Å². The summed E-state index contributed by atoms with van der Waals surface area (Å²) in [7, 11) is -3.83. The lowest BCUT2D eigenvalue weighted by Crippen LogP contribution is -2.26. The number of halogens is 1. The van der Waals surface area contributed by atoms with Gasteiger partial charge in [0.05, 0.1) is 21.0 Å². The number of nitrogen functional groups attached to an aromatic ring is 1. The van der Waals surface area contributed by atoms with Crippen molar-refractivity contribution in [2.75, 3.05) is 17.6 Å². The molecular weight excluding hydrogens is 518 g/mol. The van der Waals surface area contributed by atoms with Crippen LogP contribution in [0.25, 0.3) is 0 Å². The van der Waals surface area contributed by atoms with Crippen LogP contribution in [0, 0.1) is 6.92 Å². The van der Waals surface area contributed by atoms with E-state index in [9.17, 15) is 23.1 Å². The van der Waals surface area contributed by atoms with Crippen LogP contribution in [0.5, 0.6) is 0 Å². The highest BCUT2D eigenvalue weighted by molar-refractivity contribution is 9.10. The zero-order valence-electron chi connectivity index (χ0n) is 16.9. The van der Waals surface area contributed by atoms with Crippen molar-refractivity contribution in [3.8, 4) is 0 Å². The van der Waals surface area contributed by atoms with Crippen molar-refractivity contribution in [1.29, 1.82) is 0 Å². The largest absolute Gasteiger partial charge is 0.478 e. The van der Waals surface area contributed by atoms with Crippen LogP contribution >= 0.6 is 27.3 Å². The summed E-state index contributed by atoms with van der Waals surface area (Å²) >= 11 is 4.21. The Labute approximate surface area is 197 Å². The maximum absolute atomic E-state index is 12.7. The van der Waals surface area contributed by atoms with Crippen LogP contribution in [0.4, 0.5) is 11.4 Å². The molecule has 1 amide bonds. The van der Waals surface area contributed by atoms with Crippen molar-refractivity contribution < 1.29 is 23.1 Å². The molecule has 5 N–H and O–H groups in total. The number of carboxylic acid groups (broad SMARTS) is 1. The number of hydrogen-bond acceptors (Lipinski definition) is 6. The molecule has 0 aliphatic heterocycles. The summed E-state index contributed by atoms with van der Waals surface area (Å²) in [5.41, 5.74) is 7.25. The van der Waals surface area contributed by atoms with E-state index in [0.29, 0.717) is 21.5 Å². The Balaban J connectivity index is 1.72. The molecule has 0 atom stereocenters. The van der Waals surface area contributed by atoms with Crippen LogP contribution in [-0.4, -0.2) is 31.9 Å². The molecule has 0 radical (unpaired) electrons. The number of rotatable bonds is 8. The van der Waals surface area contributed by atoms with Gasteiger partial charge in [0, 0.05) is 21.6 Å². The minimum Gasteiger partial charge on any atom is -0.478 e. The average Bonchev–Trinajstić information content (AvgIpc) is 3.13. The fourth-order valence-electron chi connectivity index (χ4n) is 2.92. The Bertz CT molecular complexity index is 1270. The number of carboxylic acids is 1. The van der Waals surface area contributed by atoms with Gasteiger partial charge in [0.1, 0.15) is 0 Å². The number of nitrogens with two attached hydrogens (primary N) is 1. The number of aromatic carboxylic acids is 1. The molecule has 1 heterocycles. The van der Waals surface area contributed by atoms with Crippen LogP contribution < -0.4 is 15.8 Å². The average molecular weight is 538 g/mol. The zero-order chi connectivity index (χ0) is 23.5. The molecule has 0 aliphatic rings. The summed E-state index contributed by atoms with van der Waals surface area (Å²) in [6.07, 6.45) is 0.484. The Morgan fingerprint density at radius 2 is 1.81 bits per heavy atom. The Hall–Kier alpha value is -2.73. The Morgan fingerprint density at radius 3 is 2.47 bits per heavy atom. The first-order valence-corrected chi connectivity index (χ1v) is 12.4. The zero-order valence-corrected chi connectivity index (χ0v) is 20.1. The van der Waals surface area contributed by atoms with Gasteiger partial charge in [-0.2, -0.15) is 0 Å². The number of benzene rings is 2. The van der Waals surface area contributed by atoms with Crippen molar-refractivity contribution in [2.45, 2.75) is 18.2 Å². The highest BCUT2D eigenvalue weighted by Gasteiger charge is 2.23. The minimum atomic E-state index is -3.83. The number of anilines is 2. The highest BCUT2D eigenvalue weighted by Crippen LogP contribution is 2.28. The normalized spacial score (nSPS) is 11.3. The van der Waals surface area contributed by atoms with E-state index in [4.69, 9.17) is 5.73 Å². The van der Waals surface area contributed by atoms with Crippen LogP contribution in [0.1, 0.15) is 30.5 Å². The fourth-order valence-corrected chi connectivity index (χ4v) is 5.80. The second-order valence-corrected chi connectivity index (χ2v) is 10.8. The molecule has 32 heavy (non-hydrogen) atoms. The Morgan fingerprint density at radius 1 is 1.12 bits per heavy atom. The molecule has 0 spiro atoms. The van der Waals surface area contributed by atoms with Gasteiger partial charge in [-0.1, -0.05) is 28.1 Å². The predicted octanol–water partition coefficient (Wildman–Crippen LogP) is 3.87. The maximum atomic E-state index is 12.7. The van der Waals surface area contributed by atoms with Gasteiger partial charge >= 0.3 is 5.97 Å². The lowest BCUT2D eigenvalue weighted by molar-refractivity contribution is 0.0698. The summed E-state index contributed by atoms with van der Waals surface area (Å²) in [6, 6.07) is 12.9. The molecular formula is C21H20BrN3O5S2. The van der Waals surface area contributed by atoms with E-state index in [1.54, 1.807) is 25.1 Å². The quantitative estimate of drug-likeness (QED) is 0.321.